The van der Waals surface area contributed by atoms with E-state index in [1.165, 1.54) is 0 Å². The van der Waals surface area contributed by atoms with Gasteiger partial charge in [-0.15, -0.1) is 0 Å². The van der Waals surface area contributed by atoms with Gasteiger partial charge in [0.25, 0.3) is 5.69 Å². The molecule has 3 aromatic rings. The van der Waals surface area contributed by atoms with Crippen LogP contribution >= 0.6 is 11.6 Å². The Morgan fingerprint density at radius 3 is 2.61 bits per heavy atom. The molecule has 0 spiro atoms. The number of sulfone groups is 1. The predicted molar refractivity (Wildman–Crippen MR) is 102 cm³/mol. The van der Waals surface area contributed by atoms with Gasteiger partial charge in [-0.05, 0) is 24.3 Å². The first-order valence-corrected chi connectivity index (χ1v) is 10.1. The van der Waals surface area contributed by atoms with Gasteiger partial charge in [0.1, 0.15) is 16.7 Å². The van der Waals surface area contributed by atoms with E-state index in [1.807, 2.05) is 18.2 Å². The number of carbonyl (C=O) groups is 1. The fraction of sp³-hybridized carbons (Fsp3) is 0.111. The van der Waals surface area contributed by atoms with Gasteiger partial charge in [0, 0.05) is 23.3 Å². The highest BCUT2D eigenvalue weighted by Gasteiger charge is 2.24. The number of hydrogen-bond acceptors (Lipinski definition) is 7. The number of ether oxygens (including phenoxy) is 1. The van der Waals surface area contributed by atoms with Gasteiger partial charge >= 0.3 is 5.97 Å². The average molecular weight is 421 g/mol. The molecule has 2 aromatic carbocycles. The van der Waals surface area contributed by atoms with Gasteiger partial charge in [-0.3, -0.25) is 10.1 Å². The molecule has 144 valence electrons. The quantitative estimate of drug-likeness (QED) is 0.268. The van der Waals surface area contributed by atoms with Crippen molar-refractivity contribution < 1.29 is 22.9 Å². The number of para-hydroxylation sites is 1. The summed E-state index contributed by atoms with van der Waals surface area (Å²) in [6.45, 7) is -0.197. The number of carbonyl (C=O) groups excluding carboxylic acids is 1. The van der Waals surface area contributed by atoms with Crippen LogP contribution in [0.25, 0.3) is 10.9 Å². The van der Waals surface area contributed by atoms with Crippen molar-refractivity contribution in [3.05, 3.63) is 74.9 Å². The van der Waals surface area contributed by atoms with E-state index in [-0.39, 0.29) is 17.3 Å². The first-order chi connectivity index (χ1) is 13.2. The smallest absolute Gasteiger partial charge is 0.338 e. The van der Waals surface area contributed by atoms with Crippen molar-refractivity contribution in [3.8, 4) is 0 Å². The summed E-state index contributed by atoms with van der Waals surface area (Å²) in [6, 6.07) is 12.0. The Balaban J connectivity index is 1.85. The van der Waals surface area contributed by atoms with E-state index in [0.29, 0.717) is 11.1 Å². The highest BCUT2D eigenvalue weighted by molar-refractivity contribution is 7.90. The molecule has 3 rings (SSSR count). The fourth-order valence-corrected chi connectivity index (χ4v) is 3.59. The van der Waals surface area contributed by atoms with E-state index in [1.54, 1.807) is 12.1 Å². The molecule has 0 saturated heterocycles. The van der Waals surface area contributed by atoms with Crippen LogP contribution in [0.3, 0.4) is 0 Å². The summed E-state index contributed by atoms with van der Waals surface area (Å²) >= 11 is 6.11. The van der Waals surface area contributed by atoms with Gasteiger partial charge in [0.2, 0.25) is 0 Å². The third-order valence-electron chi connectivity index (χ3n) is 3.90. The molecule has 0 atom stereocenters. The summed E-state index contributed by atoms with van der Waals surface area (Å²) < 4.78 is 28.5. The lowest BCUT2D eigenvalue weighted by Crippen LogP contribution is -2.09. The maximum Gasteiger partial charge on any atom is 0.338 e. The van der Waals surface area contributed by atoms with Crippen molar-refractivity contribution in [2.45, 2.75) is 11.5 Å². The van der Waals surface area contributed by atoms with Crippen molar-refractivity contribution in [2.75, 3.05) is 6.26 Å². The van der Waals surface area contributed by atoms with Gasteiger partial charge in [-0.2, -0.15) is 0 Å². The van der Waals surface area contributed by atoms with Gasteiger partial charge in [-0.25, -0.2) is 18.2 Å². The number of halogens is 1. The number of aromatic nitrogens is 1. The standard InChI is InChI=1S/C18H13ClN2O6S/c1-28(25,26)16-7-6-12(9-15(16)21(23)24)18(22)27-10-13-8-11-4-2-3-5-14(11)20-17(13)19/h2-9H,10H2,1H3. The zero-order valence-electron chi connectivity index (χ0n) is 14.5. The zero-order chi connectivity index (χ0) is 20.5. The third-order valence-corrected chi connectivity index (χ3v) is 5.37. The minimum Gasteiger partial charge on any atom is -0.457 e. The topological polar surface area (TPSA) is 116 Å². The zero-order valence-corrected chi connectivity index (χ0v) is 16.0. The molecule has 1 aromatic heterocycles. The first-order valence-electron chi connectivity index (χ1n) is 7.86. The van der Waals surface area contributed by atoms with Crippen LogP contribution in [-0.4, -0.2) is 30.6 Å². The lowest BCUT2D eigenvalue weighted by atomic mass is 10.1. The Labute approximate surface area is 164 Å². The largest absolute Gasteiger partial charge is 0.457 e. The number of pyridine rings is 1. The number of benzene rings is 2. The summed E-state index contributed by atoms with van der Waals surface area (Å²) in [5.74, 6) is -0.854. The first kappa shape index (κ1) is 19.7. The number of nitrogens with zero attached hydrogens (tertiary/aromatic N) is 2. The van der Waals surface area contributed by atoms with Crippen LogP contribution in [0.4, 0.5) is 5.69 Å². The van der Waals surface area contributed by atoms with Gasteiger partial charge in [0.15, 0.2) is 9.84 Å². The lowest BCUT2D eigenvalue weighted by Gasteiger charge is -2.08. The summed E-state index contributed by atoms with van der Waals surface area (Å²) in [4.78, 5) is 26.3. The van der Waals surface area contributed by atoms with E-state index in [9.17, 15) is 23.3 Å². The van der Waals surface area contributed by atoms with Crippen LogP contribution in [0, 0.1) is 10.1 Å². The van der Waals surface area contributed by atoms with Crippen LogP contribution in [0.2, 0.25) is 5.15 Å². The average Bonchev–Trinajstić information content (AvgIpc) is 2.64. The van der Waals surface area contributed by atoms with Gasteiger partial charge in [0.05, 0.1) is 16.0 Å². The van der Waals surface area contributed by atoms with Crippen molar-refractivity contribution in [2.24, 2.45) is 0 Å². The molecule has 0 aliphatic heterocycles. The second-order valence-electron chi connectivity index (χ2n) is 5.92. The molecule has 28 heavy (non-hydrogen) atoms. The molecule has 10 heteroatoms. The Bertz CT molecular complexity index is 1210. The van der Waals surface area contributed by atoms with E-state index >= 15 is 0 Å². The third kappa shape index (κ3) is 4.10. The highest BCUT2D eigenvalue weighted by Crippen LogP contribution is 2.26. The molecular weight excluding hydrogens is 408 g/mol. The molecule has 8 nitrogen and oxygen atoms in total. The maximum atomic E-state index is 12.3. The number of rotatable bonds is 5. The fourth-order valence-electron chi connectivity index (χ4n) is 2.56. The van der Waals surface area contributed by atoms with E-state index in [0.717, 1.165) is 29.8 Å². The van der Waals surface area contributed by atoms with E-state index in [4.69, 9.17) is 16.3 Å². The van der Waals surface area contributed by atoms with Crippen LogP contribution in [0.5, 0.6) is 0 Å². The van der Waals surface area contributed by atoms with Crippen molar-refractivity contribution >= 4 is 44.0 Å². The number of esters is 1. The molecule has 0 radical (unpaired) electrons. The Kier molecular flexibility index (Phi) is 5.30. The summed E-state index contributed by atoms with van der Waals surface area (Å²) in [6.07, 6.45) is 0.849. The summed E-state index contributed by atoms with van der Waals surface area (Å²) in [5, 5.41) is 12.1. The Morgan fingerprint density at radius 1 is 1.21 bits per heavy atom. The minimum absolute atomic E-state index is 0.149. The lowest BCUT2D eigenvalue weighted by molar-refractivity contribution is -0.387. The second-order valence-corrected chi connectivity index (χ2v) is 8.26. The molecule has 0 fully saturated rings. The Hall–Kier alpha value is -3.04. The second kappa shape index (κ2) is 7.53. The molecule has 0 aliphatic rings. The molecule has 0 bridgehead atoms. The normalized spacial score (nSPS) is 11.4. The van der Waals surface area contributed by atoms with E-state index in [2.05, 4.69) is 4.98 Å². The maximum absolute atomic E-state index is 12.3. The number of fused-ring (bicyclic) bond motifs is 1. The van der Waals surface area contributed by atoms with Crippen molar-refractivity contribution in [1.29, 1.82) is 0 Å². The number of nitro groups is 1. The molecule has 0 aliphatic carbocycles. The summed E-state index contributed by atoms with van der Waals surface area (Å²) in [7, 11) is -3.82. The predicted octanol–water partition coefficient (Wildman–Crippen LogP) is 3.56. The van der Waals surface area contributed by atoms with Gasteiger partial charge in [-0.1, -0.05) is 29.8 Å². The molecule has 0 N–H and O–H groups in total. The minimum atomic E-state index is -3.82. The highest BCUT2D eigenvalue weighted by atomic mass is 35.5. The van der Waals surface area contributed by atoms with Crippen LogP contribution in [0.15, 0.2) is 53.4 Å². The van der Waals surface area contributed by atoms with Gasteiger partial charge < -0.3 is 4.74 Å². The molecule has 0 amide bonds. The SMILES string of the molecule is CS(=O)(=O)c1ccc(C(=O)OCc2cc3ccccc3nc2Cl)cc1[N+](=O)[O-]. The number of hydrogen-bond donors (Lipinski definition) is 0. The molecule has 0 unspecified atom stereocenters. The van der Waals surface area contributed by atoms with Crippen LogP contribution in [-0.2, 0) is 21.2 Å². The van der Waals surface area contributed by atoms with Crippen molar-refractivity contribution in [1.82, 2.24) is 4.98 Å². The van der Waals surface area contributed by atoms with E-state index < -0.39 is 31.3 Å². The van der Waals surface area contributed by atoms with Crippen molar-refractivity contribution in [3.63, 3.8) is 0 Å². The number of nitro benzene ring substituents is 1. The molecule has 1 heterocycles. The molecule has 0 saturated carbocycles. The Morgan fingerprint density at radius 2 is 1.93 bits per heavy atom. The molecular formula is C18H13ClN2O6S. The van der Waals surface area contributed by atoms with Crippen LogP contribution < -0.4 is 0 Å². The van der Waals surface area contributed by atoms with Crippen LogP contribution in [0.1, 0.15) is 15.9 Å². The summed E-state index contributed by atoms with van der Waals surface area (Å²) in [5.41, 5.74) is 0.317. The monoisotopic (exact) mass is 420 g/mol.